The number of aromatic nitrogens is 2. The molecule has 0 unspecified atom stereocenters. The number of hydrogen-bond donors (Lipinski definition) is 0. The van der Waals surface area contributed by atoms with Crippen LogP contribution < -0.4 is 4.74 Å². The number of aryl methyl sites for hydroxylation is 3. The molecule has 4 nitrogen and oxygen atoms in total. The minimum absolute atomic E-state index is 0.175. The Morgan fingerprint density at radius 1 is 1.07 bits per heavy atom. The zero-order valence-corrected chi connectivity index (χ0v) is 16.8. The molecule has 0 saturated carbocycles. The van der Waals surface area contributed by atoms with E-state index < -0.39 is 11.7 Å². The van der Waals surface area contributed by atoms with Gasteiger partial charge < -0.3 is 14.0 Å². The minimum Gasteiger partial charge on any atom is -0.485 e. The SMILES string of the molecule is CCOCCCn1c(COc2ccc(C)cc2C)nc2cc(C(F)(F)F)ccc21. The van der Waals surface area contributed by atoms with E-state index in [4.69, 9.17) is 9.47 Å². The summed E-state index contributed by atoms with van der Waals surface area (Å²) >= 11 is 0. The summed E-state index contributed by atoms with van der Waals surface area (Å²) < 4.78 is 52.5. The Hall–Kier alpha value is -2.54. The first-order chi connectivity index (χ1) is 13.8. The third-order valence-electron chi connectivity index (χ3n) is 4.72. The zero-order valence-electron chi connectivity index (χ0n) is 16.8. The van der Waals surface area contributed by atoms with E-state index in [1.54, 1.807) is 0 Å². The third kappa shape index (κ3) is 5.09. The van der Waals surface area contributed by atoms with Gasteiger partial charge in [-0.15, -0.1) is 0 Å². The van der Waals surface area contributed by atoms with Gasteiger partial charge in [-0.2, -0.15) is 13.2 Å². The molecule has 0 bridgehead atoms. The van der Waals surface area contributed by atoms with Crippen molar-refractivity contribution < 1.29 is 22.6 Å². The molecule has 0 aliphatic heterocycles. The van der Waals surface area contributed by atoms with Crippen LogP contribution in [0.5, 0.6) is 5.75 Å². The summed E-state index contributed by atoms with van der Waals surface area (Å²) in [5, 5.41) is 0. The molecule has 2 aromatic carbocycles. The minimum atomic E-state index is -4.40. The van der Waals surface area contributed by atoms with Crippen LogP contribution >= 0.6 is 0 Å². The fourth-order valence-electron chi connectivity index (χ4n) is 3.29. The maximum atomic E-state index is 13.1. The van der Waals surface area contributed by atoms with E-state index in [2.05, 4.69) is 4.98 Å². The predicted octanol–water partition coefficient (Wildman–Crippen LogP) is 5.68. The van der Waals surface area contributed by atoms with Crippen molar-refractivity contribution in [1.29, 1.82) is 0 Å². The van der Waals surface area contributed by atoms with Gasteiger partial charge in [0.2, 0.25) is 0 Å². The van der Waals surface area contributed by atoms with Gasteiger partial charge in [0.05, 0.1) is 16.6 Å². The van der Waals surface area contributed by atoms with Crippen molar-refractivity contribution >= 4 is 11.0 Å². The summed E-state index contributed by atoms with van der Waals surface area (Å²) in [6.07, 6.45) is -3.67. The number of hydrogen-bond acceptors (Lipinski definition) is 3. The predicted molar refractivity (Wildman–Crippen MR) is 106 cm³/mol. The van der Waals surface area contributed by atoms with E-state index >= 15 is 0 Å². The molecule has 156 valence electrons. The molecule has 0 N–H and O–H groups in total. The lowest BCUT2D eigenvalue weighted by Crippen LogP contribution is -2.10. The van der Waals surface area contributed by atoms with Gasteiger partial charge in [0.25, 0.3) is 0 Å². The van der Waals surface area contributed by atoms with Crippen LogP contribution in [0, 0.1) is 13.8 Å². The van der Waals surface area contributed by atoms with E-state index in [1.807, 2.05) is 43.5 Å². The van der Waals surface area contributed by atoms with E-state index in [0.717, 1.165) is 35.4 Å². The lowest BCUT2D eigenvalue weighted by molar-refractivity contribution is -0.137. The monoisotopic (exact) mass is 406 g/mol. The van der Waals surface area contributed by atoms with Crippen molar-refractivity contribution in [2.24, 2.45) is 0 Å². The van der Waals surface area contributed by atoms with Crippen LogP contribution in [0.1, 0.15) is 35.9 Å². The van der Waals surface area contributed by atoms with Crippen LogP contribution in [0.4, 0.5) is 13.2 Å². The number of alkyl halides is 3. The molecule has 3 aromatic rings. The summed E-state index contributed by atoms with van der Waals surface area (Å²) in [7, 11) is 0. The lowest BCUT2D eigenvalue weighted by Gasteiger charge is -2.12. The Kier molecular flexibility index (Phi) is 6.47. The fourth-order valence-corrected chi connectivity index (χ4v) is 3.29. The number of halogens is 3. The number of rotatable bonds is 8. The molecule has 1 heterocycles. The number of ether oxygens (including phenoxy) is 2. The van der Waals surface area contributed by atoms with E-state index in [0.29, 0.717) is 36.6 Å². The fraction of sp³-hybridized carbons (Fsp3) is 0.409. The first-order valence-corrected chi connectivity index (χ1v) is 9.63. The number of fused-ring (bicyclic) bond motifs is 1. The van der Waals surface area contributed by atoms with Gasteiger partial charge in [-0.05, 0) is 57.0 Å². The average molecular weight is 406 g/mol. The van der Waals surface area contributed by atoms with Crippen LogP contribution in [0.15, 0.2) is 36.4 Å². The largest absolute Gasteiger partial charge is 0.485 e. The molecule has 0 aliphatic rings. The van der Waals surface area contributed by atoms with Gasteiger partial charge in [-0.1, -0.05) is 17.7 Å². The summed E-state index contributed by atoms with van der Waals surface area (Å²) in [6.45, 7) is 7.86. The van der Waals surface area contributed by atoms with Crippen molar-refractivity contribution in [3.63, 3.8) is 0 Å². The van der Waals surface area contributed by atoms with Gasteiger partial charge >= 0.3 is 6.18 Å². The molecule has 0 saturated heterocycles. The Balaban J connectivity index is 1.89. The van der Waals surface area contributed by atoms with E-state index in [9.17, 15) is 13.2 Å². The first-order valence-electron chi connectivity index (χ1n) is 9.63. The summed E-state index contributed by atoms with van der Waals surface area (Å²) in [4.78, 5) is 4.45. The standard InChI is InChI=1S/C22H25F3N2O2/c1-4-28-11-5-10-27-19-8-7-17(22(23,24)25)13-18(19)26-21(27)14-29-20-9-6-15(2)12-16(20)3/h6-9,12-13H,4-5,10-11,14H2,1-3H3. The molecular weight excluding hydrogens is 381 g/mol. The van der Waals surface area contributed by atoms with Gasteiger partial charge in [0, 0.05) is 19.8 Å². The first kappa shape index (κ1) is 21.2. The maximum absolute atomic E-state index is 13.1. The molecule has 0 aliphatic carbocycles. The van der Waals surface area contributed by atoms with Crippen molar-refractivity contribution in [2.45, 2.75) is 46.5 Å². The molecule has 7 heteroatoms. The lowest BCUT2D eigenvalue weighted by atomic mass is 10.1. The normalized spacial score (nSPS) is 11.9. The Morgan fingerprint density at radius 2 is 1.86 bits per heavy atom. The summed E-state index contributed by atoms with van der Waals surface area (Å²) in [5.74, 6) is 1.33. The molecule has 0 atom stereocenters. The molecule has 0 radical (unpaired) electrons. The van der Waals surface area contributed by atoms with Crippen molar-refractivity contribution in [1.82, 2.24) is 9.55 Å². The molecule has 0 fully saturated rings. The quantitative estimate of drug-likeness (QED) is 0.452. The molecule has 1 aromatic heterocycles. The smallest absolute Gasteiger partial charge is 0.416 e. The zero-order chi connectivity index (χ0) is 21.0. The number of nitrogens with zero attached hydrogens (tertiary/aromatic N) is 2. The molecule has 0 spiro atoms. The van der Waals surface area contributed by atoms with Crippen LogP contribution in [-0.4, -0.2) is 22.8 Å². The van der Waals surface area contributed by atoms with Gasteiger partial charge in [0.15, 0.2) is 0 Å². The summed E-state index contributed by atoms with van der Waals surface area (Å²) in [6, 6.07) is 9.55. The van der Waals surface area contributed by atoms with Crippen molar-refractivity contribution in [2.75, 3.05) is 13.2 Å². The Morgan fingerprint density at radius 3 is 2.55 bits per heavy atom. The van der Waals surface area contributed by atoms with Gasteiger partial charge in [-0.3, -0.25) is 0 Å². The summed E-state index contributed by atoms with van der Waals surface area (Å²) in [5.41, 5.74) is 2.41. The highest BCUT2D eigenvalue weighted by Crippen LogP contribution is 2.32. The van der Waals surface area contributed by atoms with Crippen LogP contribution in [0.25, 0.3) is 11.0 Å². The van der Waals surface area contributed by atoms with Crippen LogP contribution in [0.2, 0.25) is 0 Å². The van der Waals surface area contributed by atoms with Gasteiger partial charge in [-0.25, -0.2) is 4.98 Å². The second kappa shape index (κ2) is 8.86. The Bertz CT molecular complexity index is 980. The highest BCUT2D eigenvalue weighted by atomic mass is 19.4. The second-order valence-corrected chi connectivity index (χ2v) is 6.99. The van der Waals surface area contributed by atoms with Crippen LogP contribution in [0.3, 0.4) is 0 Å². The molecule has 0 amide bonds. The number of benzene rings is 2. The highest BCUT2D eigenvalue weighted by Gasteiger charge is 2.31. The second-order valence-electron chi connectivity index (χ2n) is 6.99. The molecular formula is C22H25F3N2O2. The third-order valence-corrected chi connectivity index (χ3v) is 4.72. The van der Waals surface area contributed by atoms with Crippen LogP contribution in [-0.2, 0) is 24.1 Å². The Labute approximate surface area is 168 Å². The van der Waals surface area contributed by atoms with Gasteiger partial charge in [0.1, 0.15) is 18.2 Å². The van der Waals surface area contributed by atoms with E-state index in [-0.39, 0.29) is 6.61 Å². The maximum Gasteiger partial charge on any atom is 0.416 e. The average Bonchev–Trinajstić information content (AvgIpc) is 3.00. The molecule has 3 rings (SSSR count). The highest BCUT2D eigenvalue weighted by molar-refractivity contribution is 5.77. The number of imidazole rings is 1. The van der Waals surface area contributed by atoms with Crippen molar-refractivity contribution in [3.8, 4) is 5.75 Å². The van der Waals surface area contributed by atoms with E-state index in [1.165, 1.54) is 6.07 Å². The molecule has 29 heavy (non-hydrogen) atoms. The van der Waals surface area contributed by atoms with Crippen molar-refractivity contribution in [3.05, 3.63) is 58.9 Å². The topological polar surface area (TPSA) is 36.3 Å².